The van der Waals surface area contributed by atoms with Crippen LogP contribution < -0.4 is 5.32 Å². The normalized spacial score (nSPS) is 10.0. The standard InChI is InChI=1S/C9H18N2O4/c1-11(5-3-9(13)14)8(12)7-10-4-6-15-2/h10H,3-7H2,1-2H3,(H,13,14). The molecule has 0 radical (unpaired) electrons. The predicted molar refractivity (Wildman–Crippen MR) is 54.6 cm³/mol. The van der Waals surface area contributed by atoms with E-state index >= 15 is 0 Å². The lowest BCUT2D eigenvalue weighted by molar-refractivity contribution is -0.138. The molecule has 0 aliphatic carbocycles. The fraction of sp³-hybridized carbons (Fsp3) is 0.778. The summed E-state index contributed by atoms with van der Waals surface area (Å²) in [5.74, 6) is -1.02. The van der Waals surface area contributed by atoms with Gasteiger partial charge in [-0.25, -0.2) is 0 Å². The molecule has 0 rings (SSSR count). The maximum absolute atomic E-state index is 11.3. The Morgan fingerprint density at radius 3 is 2.67 bits per heavy atom. The van der Waals surface area contributed by atoms with Crippen molar-refractivity contribution in [2.24, 2.45) is 0 Å². The average molecular weight is 218 g/mol. The second-order valence-electron chi connectivity index (χ2n) is 3.13. The number of amides is 1. The molecule has 1 amide bonds. The molecule has 6 heteroatoms. The number of aliphatic carboxylic acids is 1. The summed E-state index contributed by atoms with van der Waals surface area (Å²) in [6, 6.07) is 0. The highest BCUT2D eigenvalue weighted by molar-refractivity contribution is 5.78. The van der Waals surface area contributed by atoms with Gasteiger partial charge < -0.3 is 20.1 Å². The van der Waals surface area contributed by atoms with Gasteiger partial charge >= 0.3 is 5.97 Å². The fourth-order valence-corrected chi connectivity index (χ4v) is 0.893. The predicted octanol–water partition coefficient (Wildman–Crippen LogP) is -0.844. The van der Waals surface area contributed by atoms with Gasteiger partial charge in [0.05, 0.1) is 19.6 Å². The average Bonchev–Trinajstić information content (AvgIpc) is 2.20. The zero-order chi connectivity index (χ0) is 11.7. The summed E-state index contributed by atoms with van der Waals surface area (Å²) in [7, 11) is 3.17. The van der Waals surface area contributed by atoms with Crippen LogP contribution in [0.25, 0.3) is 0 Å². The molecule has 0 fully saturated rings. The summed E-state index contributed by atoms with van der Waals surface area (Å²) < 4.78 is 4.80. The van der Waals surface area contributed by atoms with Crippen LogP contribution in [0.3, 0.4) is 0 Å². The smallest absolute Gasteiger partial charge is 0.305 e. The zero-order valence-electron chi connectivity index (χ0n) is 9.15. The largest absolute Gasteiger partial charge is 0.481 e. The number of nitrogens with zero attached hydrogens (tertiary/aromatic N) is 1. The van der Waals surface area contributed by atoms with E-state index in [4.69, 9.17) is 9.84 Å². The van der Waals surface area contributed by atoms with Crippen molar-refractivity contribution in [3.8, 4) is 0 Å². The van der Waals surface area contributed by atoms with Gasteiger partial charge in [0.25, 0.3) is 0 Å². The molecule has 0 saturated heterocycles. The van der Waals surface area contributed by atoms with Crippen LogP contribution in [0.4, 0.5) is 0 Å². The van der Waals surface area contributed by atoms with Crippen molar-refractivity contribution >= 4 is 11.9 Å². The molecule has 15 heavy (non-hydrogen) atoms. The summed E-state index contributed by atoms with van der Waals surface area (Å²) >= 11 is 0. The molecule has 0 spiro atoms. The molecule has 0 saturated carbocycles. The second-order valence-corrected chi connectivity index (χ2v) is 3.13. The first-order chi connectivity index (χ1) is 7.07. The molecule has 0 aromatic heterocycles. The van der Waals surface area contributed by atoms with Crippen molar-refractivity contribution < 1.29 is 19.4 Å². The van der Waals surface area contributed by atoms with Crippen LogP contribution in [0.5, 0.6) is 0 Å². The third kappa shape index (κ3) is 7.90. The number of carbonyl (C=O) groups is 2. The highest BCUT2D eigenvalue weighted by atomic mass is 16.5. The lowest BCUT2D eigenvalue weighted by Gasteiger charge is -2.16. The van der Waals surface area contributed by atoms with Gasteiger partial charge in [-0.1, -0.05) is 0 Å². The Morgan fingerprint density at radius 2 is 2.13 bits per heavy atom. The Hall–Kier alpha value is -1.14. The zero-order valence-corrected chi connectivity index (χ0v) is 9.15. The Labute approximate surface area is 89.2 Å². The van der Waals surface area contributed by atoms with E-state index in [0.717, 1.165) is 0 Å². The van der Waals surface area contributed by atoms with Crippen molar-refractivity contribution in [2.75, 3.05) is 40.4 Å². The number of carboxylic acids is 1. The van der Waals surface area contributed by atoms with Crippen LogP contribution in [-0.4, -0.2) is 62.3 Å². The summed E-state index contributed by atoms with van der Waals surface area (Å²) in [5, 5.41) is 11.3. The van der Waals surface area contributed by atoms with Gasteiger partial charge in [-0.3, -0.25) is 9.59 Å². The number of methoxy groups -OCH3 is 1. The molecule has 0 aromatic carbocycles. The first-order valence-corrected chi connectivity index (χ1v) is 4.73. The third-order valence-electron chi connectivity index (χ3n) is 1.85. The van der Waals surface area contributed by atoms with E-state index in [9.17, 15) is 9.59 Å². The van der Waals surface area contributed by atoms with Crippen LogP contribution >= 0.6 is 0 Å². The SMILES string of the molecule is COCCNCC(=O)N(C)CCC(=O)O. The van der Waals surface area contributed by atoms with Crippen molar-refractivity contribution in [3.05, 3.63) is 0 Å². The Bertz CT molecular complexity index is 208. The summed E-state index contributed by atoms with van der Waals surface area (Å²) in [4.78, 5) is 23.0. The van der Waals surface area contributed by atoms with E-state index in [-0.39, 0.29) is 25.4 Å². The van der Waals surface area contributed by atoms with Gasteiger partial charge in [-0.15, -0.1) is 0 Å². The molecule has 0 aliphatic heterocycles. The monoisotopic (exact) mass is 218 g/mol. The van der Waals surface area contributed by atoms with E-state index < -0.39 is 5.97 Å². The molecule has 0 aromatic rings. The fourth-order valence-electron chi connectivity index (χ4n) is 0.893. The van der Waals surface area contributed by atoms with Gasteiger partial charge in [0.2, 0.25) is 5.91 Å². The number of nitrogens with one attached hydrogen (secondary N) is 1. The van der Waals surface area contributed by atoms with Crippen molar-refractivity contribution in [1.29, 1.82) is 0 Å². The maximum atomic E-state index is 11.3. The number of carboxylic acid groups (broad SMARTS) is 1. The third-order valence-corrected chi connectivity index (χ3v) is 1.85. The van der Waals surface area contributed by atoms with Crippen LogP contribution in [0.2, 0.25) is 0 Å². The number of carbonyl (C=O) groups excluding carboxylic acids is 1. The van der Waals surface area contributed by atoms with Gasteiger partial charge in [0.15, 0.2) is 0 Å². The van der Waals surface area contributed by atoms with Crippen molar-refractivity contribution in [2.45, 2.75) is 6.42 Å². The van der Waals surface area contributed by atoms with E-state index in [1.165, 1.54) is 4.90 Å². The highest BCUT2D eigenvalue weighted by Gasteiger charge is 2.08. The summed E-state index contributed by atoms with van der Waals surface area (Å²) in [6.07, 6.45) is -0.0275. The Morgan fingerprint density at radius 1 is 1.47 bits per heavy atom. The Kier molecular flexibility index (Phi) is 7.57. The topological polar surface area (TPSA) is 78.9 Å². The van der Waals surface area contributed by atoms with E-state index in [0.29, 0.717) is 13.2 Å². The molecule has 2 N–H and O–H groups in total. The van der Waals surface area contributed by atoms with Crippen molar-refractivity contribution in [1.82, 2.24) is 10.2 Å². The lowest BCUT2D eigenvalue weighted by Crippen LogP contribution is -2.37. The first kappa shape index (κ1) is 13.9. The number of hydrogen-bond acceptors (Lipinski definition) is 4. The minimum absolute atomic E-state index is 0.0275. The number of ether oxygens (including phenoxy) is 1. The van der Waals surface area contributed by atoms with Crippen LogP contribution in [0.15, 0.2) is 0 Å². The molecule has 6 nitrogen and oxygen atoms in total. The van der Waals surface area contributed by atoms with E-state index in [2.05, 4.69) is 5.32 Å². The van der Waals surface area contributed by atoms with Gasteiger partial charge in [0, 0.05) is 27.2 Å². The summed E-state index contributed by atoms with van der Waals surface area (Å²) in [6.45, 7) is 1.60. The Balaban J connectivity index is 3.55. The van der Waals surface area contributed by atoms with Gasteiger partial charge in [0.1, 0.15) is 0 Å². The number of rotatable bonds is 8. The molecule has 88 valence electrons. The number of hydrogen-bond donors (Lipinski definition) is 2. The highest BCUT2D eigenvalue weighted by Crippen LogP contribution is 1.88. The quantitative estimate of drug-likeness (QED) is 0.519. The lowest BCUT2D eigenvalue weighted by atomic mass is 10.4. The maximum Gasteiger partial charge on any atom is 0.305 e. The minimum atomic E-state index is -0.901. The molecule has 0 aliphatic rings. The molecule has 0 bridgehead atoms. The molecular weight excluding hydrogens is 200 g/mol. The van der Waals surface area contributed by atoms with Crippen molar-refractivity contribution in [3.63, 3.8) is 0 Å². The molecule has 0 heterocycles. The van der Waals surface area contributed by atoms with E-state index in [1.54, 1.807) is 14.2 Å². The van der Waals surface area contributed by atoms with Crippen LogP contribution in [0, 0.1) is 0 Å². The van der Waals surface area contributed by atoms with Gasteiger partial charge in [-0.2, -0.15) is 0 Å². The van der Waals surface area contributed by atoms with Crippen LogP contribution in [0.1, 0.15) is 6.42 Å². The minimum Gasteiger partial charge on any atom is -0.481 e. The number of likely N-dealkylation sites (N-methyl/N-ethyl adjacent to an activating group) is 1. The molecule has 0 unspecified atom stereocenters. The molecular formula is C9H18N2O4. The van der Waals surface area contributed by atoms with Gasteiger partial charge in [-0.05, 0) is 0 Å². The summed E-state index contributed by atoms with van der Waals surface area (Å²) in [5.41, 5.74) is 0. The first-order valence-electron chi connectivity index (χ1n) is 4.73. The molecule has 0 atom stereocenters. The second kappa shape index (κ2) is 8.19. The van der Waals surface area contributed by atoms with Crippen LogP contribution in [-0.2, 0) is 14.3 Å². The van der Waals surface area contributed by atoms with E-state index in [1.807, 2.05) is 0 Å².